The predicted molar refractivity (Wildman–Crippen MR) is 84.4 cm³/mol. The van der Waals surface area contributed by atoms with E-state index in [1.165, 1.54) is 16.7 Å². The van der Waals surface area contributed by atoms with Gasteiger partial charge in [-0.2, -0.15) is 0 Å². The molecule has 1 saturated heterocycles. The molecule has 3 atom stereocenters. The van der Waals surface area contributed by atoms with Crippen LogP contribution in [0.5, 0.6) is 0 Å². The van der Waals surface area contributed by atoms with Crippen LogP contribution in [0.4, 0.5) is 0 Å². The lowest BCUT2D eigenvalue weighted by Gasteiger charge is -2.30. The molecule has 2 aliphatic rings. The van der Waals surface area contributed by atoms with Gasteiger partial charge in [-0.1, -0.05) is 30.7 Å². The predicted octanol–water partition coefficient (Wildman–Crippen LogP) is 2.61. The zero-order chi connectivity index (χ0) is 14.9. The maximum Gasteiger partial charge on any atom is 0.0536 e. The highest BCUT2D eigenvalue weighted by Gasteiger charge is 2.37. The maximum atomic E-state index is 9.35. The van der Waals surface area contributed by atoms with Gasteiger partial charge >= 0.3 is 0 Å². The van der Waals surface area contributed by atoms with Crippen LogP contribution in [0.3, 0.4) is 0 Å². The third-order valence-corrected chi connectivity index (χ3v) is 5.27. The van der Waals surface area contributed by atoms with E-state index in [-0.39, 0.29) is 12.0 Å². The quantitative estimate of drug-likeness (QED) is 0.875. The van der Waals surface area contributed by atoms with Crippen molar-refractivity contribution in [3.8, 4) is 0 Å². The van der Waals surface area contributed by atoms with E-state index in [1.54, 1.807) is 0 Å². The van der Waals surface area contributed by atoms with E-state index in [1.807, 2.05) is 0 Å². The number of hydrogen-bond acceptors (Lipinski definition) is 3. The van der Waals surface area contributed by atoms with Crippen molar-refractivity contribution in [2.24, 2.45) is 11.3 Å². The Balaban J connectivity index is 1.72. The Morgan fingerprint density at radius 2 is 2.29 bits per heavy atom. The minimum atomic E-state index is 0.126. The Hall–Kier alpha value is -0.900. The van der Waals surface area contributed by atoms with Crippen molar-refractivity contribution in [3.05, 3.63) is 34.9 Å². The Bertz CT molecular complexity index is 494. The first kappa shape index (κ1) is 15.0. The molecule has 3 heteroatoms. The molecule has 21 heavy (non-hydrogen) atoms. The van der Waals surface area contributed by atoms with E-state index in [9.17, 15) is 5.11 Å². The zero-order valence-electron chi connectivity index (χ0n) is 13.2. The molecule has 3 rings (SSSR count). The monoisotopic (exact) mass is 289 g/mol. The van der Waals surface area contributed by atoms with E-state index >= 15 is 0 Å². The summed E-state index contributed by atoms with van der Waals surface area (Å²) in [6.07, 6.45) is 3.06. The molecule has 116 valence electrons. The molecule has 0 bridgehead atoms. The Morgan fingerprint density at radius 1 is 1.43 bits per heavy atom. The second kappa shape index (κ2) is 6.07. The first-order valence-corrected chi connectivity index (χ1v) is 8.15. The van der Waals surface area contributed by atoms with Gasteiger partial charge in [0.15, 0.2) is 0 Å². The number of aryl methyl sites for hydroxylation is 1. The average Bonchev–Trinajstić information content (AvgIpc) is 3.02. The van der Waals surface area contributed by atoms with Gasteiger partial charge in [-0.15, -0.1) is 0 Å². The lowest BCUT2D eigenvalue weighted by Crippen LogP contribution is -2.38. The lowest BCUT2D eigenvalue weighted by molar-refractivity contribution is 0.120. The van der Waals surface area contributed by atoms with E-state index in [4.69, 9.17) is 4.74 Å². The van der Waals surface area contributed by atoms with E-state index in [0.29, 0.717) is 12.0 Å². The van der Waals surface area contributed by atoms with Crippen LogP contribution in [0.15, 0.2) is 18.2 Å². The molecule has 1 aliphatic carbocycles. The van der Waals surface area contributed by atoms with Crippen LogP contribution in [-0.2, 0) is 11.2 Å². The molecular formula is C18H27NO2. The Morgan fingerprint density at radius 3 is 3.00 bits per heavy atom. The van der Waals surface area contributed by atoms with Crippen LogP contribution in [0, 0.1) is 18.3 Å². The van der Waals surface area contributed by atoms with Crippen molar-refractivity contribution in [1.29, 1.82) is 0 Å². The van der Waals surface area contributed by atoms with Gasteiger partial charge in [0, 0.05) is 31.2 Å². The lowest BCUT2D eigenvalue weighted by atomic mass is 9.83. The number of nitrogens with one attached hydrogen (secondary N) is 1. The average molecular weight is 289 g/mol. The van der Waals surface area contributed by atoms with Gasteiger partial charge in [0.25, 0.3) is 0 Å². The van der Waals surface area contributed by atoms with Crippen molar-refractivity contribution in [2.75, 3.05) is 26.4 Å². The number of aliphatic hydroxyl groups excluding tert-OH is 1. The van der Waals surface area contributed by atoms with Crippen LogP contribution in [-0.4, -0.2) is 31.5 Å². The molecule has 3 unspecified atom stereocenters. The Labute approximate surface area is 127 Å². The summed E-state index contributed by atoms with van der Waals surface area (Å²) in [5.41, 5.74) is 4.43. The summed E-state index contributed by atoms with van der Waals surface area (Å²) >= 11 is 0. The fourth-order valence-electron chi connectivity index (χ4n) is 3.91. The molecule has 1 aromatic rings. The van der Waals surface area contributed by atoms with E-state index < -0.39 is 0 Å². The SMILES string of the molecule is Cc1ccc2c(c1)C(NCC1(CCO)CCOC1)C(C)C2. The number of ether oxygens (including phenoxy) is 1. The second-order valence-corrected chi connectivity index (χ2v) is 7.02. The van der Waals surface area contributed by atoms with Crippen LogP contribution in [0.25, 0.3) is 0 Å². The third-order valence-electron chi connectivity index (χ3n) is 5.27. The van der Waals surface area contributed by atoms with Crippen LogP contribution in [0.1, 0.15) is 42.5 Å². The largest absolute Gasteiger partial charge is 0.396 e. The van der Waals surface area contributed by atoms with Crippen LogP contribution >= 0.6 is 0 Å². The number of benzene rings is 1. The second-order valence-electron chi connectivity index (χ2n) is 7.02. The summed E-state index contributed by atoms with van der Waals surface area (Å²) < 4.78 is 5.59. The molecule has 0 amide bonds. The molecule has 0 spiro atoms. The zero-order valence-corrected chi connectivity index (χ0v) is 13.2. The third kappa shape index (κ3) is 3.01. The van der Waals surface area contributed by atoms with E-state index in [0.717, 1.165) is 39.0 Å². The maximum absolute atomic E-state index is 9.35. The fourth-order valence-corrected chi connectivity index (χ4v) is 3.91. The highest BCUT2D eigenvalue weighted by molar-refractivity contribution is 5.38. The van der Waals surface area contributed by atoms with E-state index in [2.05, 4.69) is 37.4 Å². The van der Waals surface area contributed by atoms with Gasteiger partial charge in [-0.05, 0) is 43.2 Å². The highest BCUT2D eigenvalue weighted by Crippen LogP contribution is 2.38. The highest BCUT2D eigenvalue weighted by atomic mass is 16.5. The van der Waals surface area contributed by atoms with Crippen molar-refractivity contribution >= 4 is 0 Å². The van der Waals surface area contributed by atoms with Crippen molar-refractivity contribution in [3.63, 3.8) is 0 Å². The summed E-state index contributed by atoms with van der Waals surface area (Å²) in [5.74, 6) is 0.635. The first-order valence-electron chi connectivity index (χ1n) is 8.15. The molecule has 1 aliphatic heterocycles. The normalized spacial score (nSPS) is 31.6. The molecule has 0 radical (unpaired) electrons. The number of aliphatic hydroxyl groups is 1. The smallest absolute Gasteiger partial charge is 0.0536 e. The number of rotatable bonds is 5. The van der Waals surface area contributed by atoms with Crippen LogP contribution in [0.2, 0.25) is 0 Å². The molecular weight excluding hydrogens is 262 g/mol. The molecule has 0 saturated carbocycles. The molecule has 1 aromatic carbocycles. The Kier molecular flexibility index (Phi) is 4.34. The van der Waals surface area contributed by atoms with Gasteiger partial charge in [0.1, 0.15) is 0 Å². The topological polar surface area (TPSA) is 41.5 Å². The minimum Gasteiger partial charge on any atom is -0.396 e. The van der Waals surface area contributed by atoms with Gasteiger partial charge in [-0.3, -0.25) is 0 Å². The summed E-state index contributed by atoms with van der Waals surface area (Å²) in [7, 11) is 0. The molecule has 1 fully saturated rings. The standard InChI is InChI=1S/C18H27NO2/c1-13-3-4-15-10-14(2)17(16(15)9-13)19-11-18(5-7-20)6-8-21-12-18/h3-4,9,14,17,19-20H,5-8,10-12H2,1-2H3. The van der Waals surface area contributed by atoms with Gasteiger partial charge in [-0.25, -0.2) is 0 Å². The first-order chi connectivity index (χ1) is 10.1. The van der Waals surface area contributed by atoms with Crippen molar-refractivity contribution in [2.45, 2.75) is 39.2 Å². The van der Waals surface area contributed by atoms with Crippen molar-refractivity contribution in [1.82, 2.24) is 5.32 Å². The molecule has 0 aromatic heterocycles. The minimum absolute atomic E-state index is 0.126. The van der Waals surface area contributed by atoms with Gasteiger partial charge < -0.3 is 15.2 Å². The van der Waals surface area contributed by atoms with Crippen molar-refractivity contribution < 1.29 is 9.84 Å². The number of hydrogen-bond donors (Lipinski definition) is 2. The summed E-state index contributed by atoms with van der Waals surface area (Å²) in [6, 6.07) is 7.27. The molecule has 3 nitrogen and oxygen atoms in total. The van der Waals surface area contributed by atoms with Gasteiger partial charge in [0.2, 0.25) is 0 Å². The summed E-state index contributed by atoms with van der Waals surface area (Å²) in [4.78, 5) is 0. The van der Waals surface area contributed by atoms with Crippen LogP contribution < -0.4 is 5.32 Å². The molecule has 2 N–H and O–H groups in total. The summed E-state index contributed by atoms with van der Waals surface area (Å²) in [6.45, 7) is 7.30. The molecule has 1 heterocycles. The fraction of sp³-hybridized carbons (Fsp3) is 0.667. The van der Waals surface area contributed by atoms with Gasteiger partial charge in [0.05, 0.1) is 6.61 Å². The number of fused-ring (bicyclic) bond motifs is 1. The summed E-state index contributed by atoms with van der Waals surface area (Å²) in [5, 5.41) is 13.1.